The minimum atomic E-state index is -0.643. The summed E-state index contributed by atoms with van der Waals surface area (Å²) in [5.41, 5.74) is 0.0934. The third-order valence-electron chi connectivity index (χ3n) is 7.05. The number of ether oxygens (including phenoxy) is 4. The summed E-state index contributed by atoms with van der Waals surface area (Å²) < 4.78 is 23.8. The topological polar surface area (TPSA) is 116 Å². The average Bonchev–Trinajstić information content (AvgIpc) is 2.82. The maximum Gasteiger partial charge on any atom is 0.410 e. The van der Waals surface area contributed by atoms with E-state index in [2.05, 4.69) is 15.0 Å². The van der Waals surface area contributed by atoms with Crippen LogP contribution in [0.25, 0.3) is 0 Å². The molecule has 2 aliphatic rings. The van der Waals surface area contributed by atoms with E-state index >= 15 is 0 Å². The zero-order valence-electron chi connectivity index (χ0n) is 24.1. The van der Waals surface area contributed by atoms with Gasteiger partial charge in [0, 0.05) is 43.2 Å². The van der Waals surface area contributed by atoms with Crippen molar-refractivity contribution >= 4 is 12.2 Å². The van der Waals surface area contributed by atoms with Crippen LogP contribution in [0.3, 0.4) is 0 Å². The molecular formula is C28H39N5O6. The van der Waals surface area contributed by atoms with Gasteiger partial charge in [-0.3, -0.25) is 4.98 Å². The SMILES string of the molecule is Cc1ncccc1Oc1ncnc(OC2C3(C)CN(C(=O)OC(C)C)CC2(C)CN(C(=O)OC(C)C)C3)c1C. The average molecular weight is 542 g/mol. The zero-order valence-corrected chi connectivity index (χ0v) is 24.1. The van der Waals surface area contributed by atoms with E-state index in [-0.39, 0.29) is 30.5 Å². The lowest BCUT2D eigenvalue weighted by atomic mass is 9.63. The largest absolute Gasteiger partial charge is 0.473 e. The first-order valence-corrected chi connectivity index (χ1v) is 13.3. The Morgan fingerprint density at radius 2 is 1.38 bits per heavy atom. The van der Waals surface area contributed by atoms with Crippen LogP contribution in [0.4, 0.5) is 9.59 Å². The smallest absolute Gasteiger partial charge is 0.410 e. The number of likely N-dealkylation sites (tertiary alicyclic amines) is 2. The highest BCUT2D eigenvalue weighted by Crippen LogP contribution is 2.48. The molecule has 2 fully saturated rings. The quantitative estimate of drug-likeness (QED) is 0.510. The Morgan fingerprint density at radius 1 is 0.872 bits per heavy atom. The normalized spacial score (nSPS) is 24.5. The van der Waals surface area contributed by atoms with Crippen molar-refractivity contribution in [3.8, 4) is 17.5 Å². The Bertz CT molecular complexity index is 1160. The van der Waals surface area contributed by atoms with Gasteiger partial charge >= 0.3 is 12.2 Å². The lowest BCUT2D eigenvalue weighted by Crippen LogP contribution is -2.73. The van der Waals surface area contributed by atoms with Gasteiger partial charge in [-0.25, -0.2) is 19.6 Å². The van der Waals surface area contributed by atoms with Crippen LogP contribution in [-0.2, 0) is 9.47 Å². The van der Waals surface area contributed by atoms with Crippen LogP contribution in [0.15, 0.2) is 24.7 Å². The molecule has 0 spiro atoms. The number of hydrogen-bond acceptors (Lipinski definition) is 9. The minimum Gasteiger partial charge on any atom is -0.473 e. The second-order valence-corrected chi connectivity index (χ2v) is 11.7. The molecule has 11 heteroatoms. The molecule has 0 aromatic carbocycles. The Hall–Kier alpha value is -3.63. The Labute approximate surface area is 229 Å². The van der Waals surface area contributed by atoms with Crippen molar-refractivity contribution in [1.29, 1.82) is 0 Å². The van der Waals surface area contributed by atoms with E-state index < -0.39 is 10.8 Å². The Kier molecular flexibility index (Phi) is 7.90. The Balaban J connectivity index is 1.65. The van der Waals surface area contributed by atoms with Crippen molar-refractivity contribution in [2.24, 2.45) is 10.8 Å². The van der Waals surface area contributed by atoms with Crippen molar-refractivity contribution in [3.05, 3.63) is 35.9 Å². The van der Waals surface area contributed by atoms with E-state index in [1.807, 2.05) is 61.5 Å². The Morgan fingerprint density at radius 3 is 1.87 bits per heavy atom. The number of fused-ring (bicyclic) bond motifs is 2. The van der Waals surface area contributed by atoms with Crippen LogP contribution in [-0.4, -0.2) is 81.4 Å². The monoisotopic (exact) mass is 541 g/mol. The fourth-order valence-corrected chi connectivity index (χ4v) is 5.66. The minimum absolute atomic E-state index is 0.241. The van der Waals surface area contributed by atoms with Gasteiger partial charge in [-0.05, 0) is 53.7 Å². The van der Waals surface area contributed by atoms with Crippen LogP contribution >= 0.6 is 0 Å². The summed E-state index contributed by atoms with van der Waals surface area (Å²) in [6.07, 6.45) is 1.50. The summed E-state index contributed by atoms with van der Waals surface area (Å²) in [6, 6.07) is 3.63. The molecule has 0 atom stereocenters. The van der Waals surface area contributed by atoms with Gasteiger partial charge in [0.1, 0.15) is 12.4 Å². The molecule has 39 heavy (non-hydrogen) atoms. The molecule has 11 nitrogen and oxygen atoms in total. The predicted octanol–water partition coefficient (Wildman–Crippen LogP) is 4.76. The van der Waals surface area contributed by atoms with Gasteiger partial charge in [-0.1, -0.05) is 13.8 Å². The van der Waals surface area contributed by atoms with Gasteiger partial charge in [-0.2, -0.15) is 0 Å². The van der Waals surface area contributed by atoms with E-state index in [9.17, 15) is 9.59 Å². The van der Waals surface area contributed by atoms with Gasteiger partial charge in [0.2, 0.25) is 11.8 Å². The number of aromatic nitrogens is 3. The summed E-state index contributed by atoms with van der Waals surface area (Å²) in [6.45, 7) is 16.4. The van der Waals surface area contributed by atoms with Gasteiger partial charge in [-0.15, -0.1) is 0 Å². The molecule has 4 rings (SSSR count). The molecule has 2 bridgehead atoms. The summed E-state index contributed by atoms with van der Waals surface area (Å²) >= 11 is 0. The van der Waals surface area contributed by atoms with Crippen LogP contribution in [0.5, 0.6) is 17.5 Å². The summed E-state index contributed by atoms with van der Waals surface area (Å²) in [7, 11) is 0. The number of pyridine rings is 1. The number of carbonyl (C=O) groups is 2. The molecule has 2 saturated heterocycles. The third-order valence-corrected chi connectivity index (χ3v) is 7.05. The van der Waals surface area contributed by atoms with E-state index in [0.717, 1.165) is 5.69 Å². The lowest BCUT2D eigenvalue weighted by molar-refractivity contribution is -0.153. The van der Waals surface area contributed by atoms with E-state index in [0.29, 0.717) is 49.3 Å². The molecule has 2 aliphatic heterocycles. The number of carbonyl (C=O) groups excluding carboxylic acids is 2. The second-order valence-electron chi connectivity index (χ2n) is 11.7. The summed E-state index contributed by atoms with van der Waals surface area (Å²) in [5, 5.41) is 0. The first kappa shape index (κ1) is 28.4. The standard InChI is InChI=1S/C28H39N5O6/c1-17(2)36-25(34)32-12-27(7)14-33(26(35)37-18(3)4)15-28(8,13-32)24(27)39-23-19(5)22(30-16-31-23)38-21-10-9-11-29-20(21)6/h9-11,16-18,24H,12-15H2,1-8H3. The highest BCUT2D eigenvalue weighted by molar-refractivity contribution is 5.70. The predicted molar refractivity (Wildman–Crippen MR) is 143 cm³/mol. The summed E-state index contributed by atoms with van der Waals surface area (Å²) in [4.78, 5) is 42.4. The zero-order chi connectivity index (χ0) is 28.5. The van der Waals surface area contributed by atoms with E-state index in [1.54, 1.807) is 22.1 Å². The molecule has 2 aromatic heterocycles. The number of aryl methyl sites for hydroxylation is 1. The van der Waals surface area contributed by atoms with E-state index in [4.69, 9.17) is 18.9 Å². The van der Waals surface area contributed by atoms with Crippen LogP contribution < -0.4 is 9.47 Å². The first-order valence-electron chi connectivity index (χ1n) is 13.3. The van der Waals surface area contributed by atoms with Gasteiger partial charge < -0.3 is 28.7 Å². The molecule has 4 heterocycles. The molecule has 2 aromatic rings. The maximum atomic E-state index is 13.0. The number of piperidine rings is 2. The molecule has 0 saturated carbocycles. The lowest BCUT2D eigenvalue weighted by Gasteiger charge is -2.60. The van der Waals surface area contributed by atoms with Crippen molar-refractivity contribution in [2.75, 3.05) is 26.2 Å². The maximum absolute atomic E-state index is 13.0. The number of amides is 2. The molecule has 2 amide bonds. The second kappa shape index (κ2) is 10.9. The van der Waals surface area contributed by atoms with Crippen molar-refractivity contribution < 1.29 is 28.5 Å². The third kappa shape index (κ3) is 6.02. The highest BCUT2D eigenvalue weighted by atomic mass is 16.6. The molecule has 0 aliphatic carbocycles. The van der Waals surface area contributed by atoms with Crippen molar-refractivity contribution in [2.45, 2.75) is 73.7 Å². The summed E-state index contributed by atoms with van der Waals surface area (Å²) in [5.74, 6) is 1.36. The number of hydrogen-bond donors (Lipinski definition) is 0. The first-order chi connectivity index (χ1) is 18.3. The van der Waals surface area contributed by atoms with Crippen LogP contribution in [0.2, 0.25) is 0 Å². The van der Waals surface area contributed by atoms with Crippen molar-refractivity contribution in [3.63, 3.8) is 0 Å². The fraction of sp³-hybridized carbons (Fsp3) is 0.607. The van der Waals surface area contributed by atoms with Gasteiger partial charge in [0.25, 0.3) is 0 Å². The molecule has 0 unspecified atom stereocenters. The fourth-order valence-electron chi connectivity index (χ4n) is 5.66. The molecule has 212 valence electrons. The van der Waals surface area contributed by atoms with Crippen LogP contribution in [0, 0.1) is 24.7 Å². The molecule has 0 N–H and O–H groups in total. The molecular weight excluding hydrogens is 502 g/mol. The van der Waals surface area contributed by atoms with Gasteiger partial charge in [0.15, 0.2) is 5.75 Å². The van der Waals surface area contributed by atoms with Crippen LogP contribution in [0.1, 0.15) is 52.8 Å². The number of nitrogens with zero attached hydrogens (tertiary/aromatic N) is 5. The van der Waals surface area contributed by atoms with Crippen molar-refractivity contribution in [1.82, 2.24) is 24.8 Å². The number of rotatable bonds is 6. The molecule has 0 radical (unpaired) electrons. The highest BCUT2D eigenvalue weighted by Gasteiger charge is 2.60. The van der Waals surface area contributed by atoms with E-state index in [1.165, 1.54) is 6.33 Å². The van der Waals surface area contributed by atoms with Gasteiger partial charge in [0.05, 0.1) is 23.5 Å².